The van der Waals surface area contributed by atoms with E-state index in [9.17, 15) is 4.79 Å². The first kappa shape index (κ1) is 14.5. The lowest BCUT2D eigenvalue weighted by molar-refractivity contribution is -0.122. The van der Waals surface area contributed by atoms with Crippen molar-refractivity contribution in [1.29, 1.82) is 0 Å². The van der Waals surface area contributed by atoms with Crippen molar-refractivity contribution in [2.75, 3.05) is 13.1 Å². The number of piperidine rings is 1. The number of amides is 1. The van der Waals surface area contributed by atoms with Crippen LogP contribution in [0.1, 0.15) is 52.4 Å². The highest BCUT2D eigenvalue weighted by atomic mass is 16.1. The van der Waals surface area contributed by atoms with Crippen LogP contribution in [0.3, 0.4) is 0 Å². The largest absolute Gasteiger partial charge is 0.368 e. The molecule has 1 saturated heterocycles. The molecule has 1 amide bonds. The van der Waals surface area contributed by atoms with Crippen molar-refractivity contribution in [3.8, 4) is 0 Å². The fraction of sp³-hybridized carbons (Fsp3) is 0.923. The molecular formula is C13H27N3O. The average Bonchev–Trinajstić information content (AvgIpc) is 2.26. The second kappa shape index (κ2) is 6.36. The van der Waals surface area contributed by atoms with E-state index >= 15 is 0 Å². The predicted molar refractivity (Wildman–Crippen MR) is 70.5 cm³/mol. The van der Waals surface area contributed by atoms with E-state index in [4.69, 9.17) is 11.5 Å². The Labute approximate surface area is 105 Å². The number of carbonyl (C=O) groups excluding carboxylic acids is 1. The van der Waals surface area contributed by atoms with Crippen LogP contribution < -0.4 is 11.5 Å². The van der Waals surface area contributed by atoms with Gasteiger partial charge in [0.25, 0.3) is 0 Å². The second-order valence-corrected chi connectivity index (χ2v) is 5.62. The number of primary amides is 1. The highest BCUT2D eigenvalue weighted by molar-refractivity contribution is 5.83. The number of nitrogens with zero attached hydrogens (tertiary/aromatic N) is 1. The van der Waals surface area contributed by atoms with E-state index in [1.807, 2.05) is 0 Å². The van der Waals surface area contributed by atoms with E-state index < -0.39 is 11.4 Å². The molecule has 100 valence electrons. The van der Waals surface area contributed by atoms with E-state index in [2.05, 4.69) is 11.8 Å². The second-order valence-electron chi connectivity index (χ2n) is 5.62. The quantitative estimate of drug-likeness (QED) is 0.687. The third kappa shape index (κ3) is 4.64. The molecule has 1 aliphatic heterocycles. The summed E-state index contributed by atoms with van der Waals surface area (Å²) < 4.78 is 0. The van der Waals surface area contributed by atoms with Gasteiger partial charge in [-0.1, -0.05) is 6.42 Å². The molecular weight excluding hydrogens is 214 g/mol. The number of likely N-dealkylation sites (tertiary alicyclic amines) is 1. The van der Waals surface area contributed by atoms with Crippen molar-refractivity contribution in [1.82, 2.24) is 4.90 Å². The van der Waals surface area contributed by atoms with Gasteiger partial charge in [0.2, 0.25) is 5.91 Å². The van der Waals surface area contributed by atoms with E-state index in [1.165, 1.54) is 25.8 Å². The van der Waals surface area contributed by atoms with Crippen LogP contribution in [0.25, 0.3) is 0 Å². The predicted octanol–water partition coefficient (Wildman–Crippen LogP) is 1.23. The first-order valence-electron chi connectivity index (χ1n) is 6.76. The van der Waals surface area contributed by atoms with Gasteiger partial charge < -0.3 is 16.4 Å². The SMILES string of the molecule is CC1CCCCN1CCCCC(C)(N)C(N)=O. The van der Waals surface area contributed by atoms with E-state index in [0.29, 0.717) is 12.5 Å². The first-order chi connectivity index (χ1) is 7.93. The number of carbonyl (C=O) groups is 1. The van der Waals surface area contributed by atoms with Crippen molar-refractivity contribution in [2.24, 2.45) is 11.5 Å². The number of nitrogens with two attached hydrogens (primary N) is 2. The monoisotopic (exact) mass is 241 g/mol. The van der Waals surface area contributed by atoms with Crippen molar-refractivity contribution < 1.29 is 4.79 Å². The Morgan fingerprint density at radius 3 is 2.71 bits per heavy atom. The van der Waals surface area contributed by atoms with Crippen molar-refractivity contribution in [3.63, 3.8) is 0 Å². The van der Waals surface area contributed by atoms with Gasteiger partial charge in [0, 0.05) is 6.04 Å². The zero-order valence-corrected chi connectivity index (χ0v) is 11.2. The summed E-state index contributed by atoms with van der Waals surface area (Å²) in [6.45, 7) is 6.36. The molecule has 0 spiro atoms. The molecule has 0 aliphatic carbocycles. The summed E-state index contributed by atoms with van der Waals surface area (Å²) in [5.41, 5.74) is 10.2. The van der Waals surface area contributed by atoms with Crippen LogP contribution in [0.15, 0.2) is 0 Å². The van der Waals surface area contributed by atoms with Gasteiger partial charge in [-0.2, -0.15) is 0 Å². The van der Waals surface area contributed by atoms with Gasteiger partial charge in [0.05, 0.1) is 5.54 Å². The molecule has 0 aromatic heterocycles. The molecule has 2 atom stereocenters. The molecule has 1 fully saturated rings. The third-order valence-corrected chi connectivity index (χ3v) is 3.89. The van der Waals surface area contributed by atoms with Crippen LogP contribution in [0.4, 0.5) is 0 Å². The Kier molecular flexibility index (Phi) is 5.40. The van der Waals surface area contributed by atoms with Crippen LogP contribution in [0.2, 0.25) is 0 Å². The van der Waals surface area contributed by atoms with E-state index in [-0.39, 0.29) is 0 Å². The Morgan fingerprint density at radius 1 is 1.41 bits per heavy atom. The highest BCUT2D eigenvalue weighted by Gasteiger charge is 2.25. The van der Waals surface area contributed by atoms with Crippen molar-refractivity contribution >= 4 is 5.91 Å². The van der Waals surface area contributed by atoms with E-state index in [0.717, 1.165) is 19.4 Å². The minimum atomic E-state index is -0.840. The number of rotatable bonds is 6. The zero-order valence-electron chi connectivity index (χ0n) is 11.2. The Hall–Kier alpha value is -0.610. The van der Waals surface area contributed by atoms with Gasteiger partial charge >= 0.3 is 0 Å². The molecule has 4 heteroatoms. The van der Waals surface area contributed by atoms with Gasteiger partial charge in [-0.15, -0.1) is 0 Å². The van der Waals surface area contributed by atoms with Gasteiger partial charge in [-0.3, -0.25) is 4.79 Å². The maximum Gasteiger partial charge on any atom is 0.237 e. The molecule has 4 N–H and O–H groups in total. The molecule has 2 unspecified atom stereocenters. The summed E-state index contributed by atoms with van der Waals surface area (Å²) in [6, 6.07) is 0.712. The highest BCUT2D eigenvalue weighted by Crippen LogP contribution is 2.18. The minimum Gasteiger partial charge on any atom is -0.368 e. The van der Waals surface area contributed by atoms with Gasteiger partial charge in [0.1, 0.15) is 0 Å². The third-order valence-electron chi connectivity index (χ3n) is 3.89. The Balaban J connectivity index is 2.17. The summed E-state index contributed by atoms with van der Waals surface area (Å²) in [4.78, 5) is 13.6. The van der Waals surface area contributed by atoms with Crippen LogP contribution in [-0.2, 0) is 4.79 Å². The summed E-state index contributed by atoms with van der Waals surface area (Å²) in [7, 11) is 0. The number of hydrogen-bond donors (Lipinski definition) is 2. The zero-order chi connectivity index (χ0) is 12.9. The van der Waals surface area contributed by atoms with Crippen LogP contribution in [0.5, 0.6) is 0 Å². The molecule has 0 aromatic carbocycles. The summed E-state index contributed by atoms with van der Waals surface area (Å²) >= 11 is 0. The lowest BCUT2D eigenvalue weighted by Crippen LogP contribution is -2.49. The fourth-order valence-electron chi connectivity index (χ4n) is 2.42. The summed E-state index contributed by atoms with van der Waals surface area (Å²) in [5, 5.41) is 0. The maximum absolute atomic E-state index is 11.1. The molecule has 4 nitrogen and oxygen atoms in total. The van der Waals surface area contributed by atoms with Gasteiger partial charge in [-0.05, 0) is 59.0 Å². The summed E-state index contributed by atoms with van der Waals surface area (Å²) in [5.74, 6) is -0.399. The van der Waals surface area contributed by atoms with Crippen LogP contribution in [-0.4, -0.2) is 35.5 Å². The van der Waals surface area contributed by atoms with Gasteiger partial charge in [-0.25, -0.2) is 0 Å². The summed E-state index contributed by atoms with van der Waals surface area (Å²) in [6.07, 6.45) is 6.75. The Morgan fingerprint density at radius 2 is 2.12 bits per heavy atom. The molecule has 17 heavy (non-hydrogen) atoms. The molecule has 1 aliphatic rings. The van der Waals surface area contributed by atoms with Crippen LogP contribution >= 0.6 is 0 Å². The smallest absolute Gasteiger partial charge is 0.237 e. The molecule has 1 rings (SSSR count). The lowest BCUT2D eigenvalue weighted by atomic mass is 9.95. The molecule has 0 radical (unpaired) electrons. The molecule has 0 bridgehead atoms. The molecule has 0 saturated carbocycles. The lowest BCUT2D eigenvalue weighted by Gasteiger charge is -2.33. The molecule has 0 aromatic rings. The normalized spacial score (nSPS) is 25.5. The average molecular weight is 241 g/mol. The fourth-order valence-corrected chi connectivity index (χ4v) is 2.42. The number of hydrogen-bond acceptors (Lipinski definition) is 3. The van der Waals surface area contributed by atoms with E-state index in [1.54, 1.807) is 6.92 Å². The molecule has 1 heterocycles. The first-order valence-corrected chi connectivity index (χ1v) is 6.76. The van der Waals surface area contributed by atoms with Crippen molar-refractivity contribution in [2.45, 2.75) is 64.0 Å². The van der Waals surface area contributed by atoms with Crippen molar-refractivity contribution in [3.05, 3.63) is 0 Å². The topological polar surface area (TPSA) is 72.3 Å². The maximum atomic E-state index is 11.1. The standard InChI is InChI=1S/C13H27N3O/c1-11-7-3-5-9-16(11)10-6-4-8-13(2,15)12(14)17/h11H,3-10,15H2,1-2H3,(H2,14,17). The Bertz CT molecular complexity index is 253. The van der Waals surface area contributed by atoms with Crippen LogP contribution in [0, 0.1) is 0 Å². The van der Waals surface area contributed by atoms with Gasteiger partial charge in [0.15, 0.2) is 0 Å². The minimum absolute atomic E-state index is 0.399. The number of unbranched alkanes of at least 4 members (excludes halogenated alkanes) is 1.